The molecule has 0 saturated carbocycles. The average Bonchev–Trinajstić information content (AvgIpc) is 2.51. The molecule has 5 nitrogen and oxygen atoms in total. The van der Waals surface area contributed by atoms with Crippen molar-refractivity contribution < 1.29 is 14.3 Å². The van der Waals surface area contributed by atoms with E-state index >= 15 is 0 Å². The van der Waals surface area contributed by atoms with E-state index in [0.29, 0.717) is 23.0 Å². The Bertz CT molecular complexity index is 575. The fourth-order valence-electron chi connectivity index (χ4n) is 2.16. The Kier molecular flexibility index (Phi) is 7.36. The van der Waals surface area contributed by atoms with Crippen molar-refractivity contribution in [2.45, 2.75) is 33.6 Å². The summed E-state index contributed by atoms with van der Waals surface area (Å²) in [6, 6.07) is 3.43. The molecule has 0 aromatic heterocycles. The smallest absolute Gasteiger partial charge is 0.242 e. The maximum absolute atomic E-state index is 12.4. The Morgan fingerprint density at radius 3 is 2.48 bits per heavy atom. The topological polar surface area (TPSA) is 49.9 Å². The van der Waals surface area contributed by atoms with E-state index in [0.717, 1.165) is 18.4 Å². The Morgan fingerprint density at radius 1 is 1.30 bits per heavy atom. The molecule has 1 aromatic carbocycles. The van der Waals surface area contributed by atoms with Crippen LogP contribution in [0.2, 0.25) is 5.02 Å². The molecule has 0 bridgehead atoms. The highest BCUT2D eigenvalue weighted by Gasteiger charge is 2.22. The lowest BCUT2D eigenvalue weighted by Gasteiger charge is -2.26. The summed E-state index contributed by atoms with van der Waals surface area (Å²) in [5.74, 6) is 0.144. The third-order valence-corrected chi connectivity index (χ3v) is 4.10. The normalized spacial score (nSPS) is 10.3. The van der Waals surface area contributed by atoms with E-state index in [9.17, 15) is 9.59 Å². The van der Waals surface area contributed by atoms with Crippen LogP contribution in [0.1, 0.15) is 32.3 Å². The van der Waals surface area contributed by atoms with Crippen LogP contribution in [0, 0.1) is 6.92 Å². The molecule has 2 amide bonds. The first-order chi connectivity index (χ1) is 10.8. The van der Waals surface area contributed by atoms with Crippen LogP contribution in [0.3, 0.4) is 0 Å². The summed E-state index contributed by atoms with van der Waals surface area (Å²) < 4.78 is 5.32. The quantitative estimate of drug-likeness (QED) is 0.765. The number of hydrogen-bond donors (Lipinski definition) is 0. The van der Waals surface area contributed by atoms with E-state index in [-0.39, 0.29) is 18.4 Å². The van der Waals surface area contributed by atoms with Gasteiger partial charge in [0.05, 0.1) is 12.8 Å². The largest absolute Gasteiger partial charge is 0.495 e. The monoisotopic (exact) mass is 340 g/mol. The molecular weight excluding hydrogens is 316 g/mol. The third kappa shape index (κ3) is 5.13. The van der Waals surface area contributed by atoms with Gasteiger partial charge in [-0.25, -0.2) is 0 Å². The number of ether oxygens (including phenoxy) is 1. The number of nitrogens with zero attached hydrogens (tertiary/aromatic N) is 2. The van der Waals surface area contributed by atoms with Gasteiger partial charge in [-0.3, -0.25) is 14.5 Å². The second kappa shape index (κ2) is 8.77. The molecule has 0 heterocycles. The van der Waals surface area contributed by atoms with E-state index in [2.05, 4.69) is 6.92 Å². The highest BCUT2D eigenvalue weighted by molar-refractivity contribution is 6.31. The first kappa shape index (κ1) is 19.3. The van der Waals surface area contributed by atoms with Crippen LogP contribution in [0.25, 0.3) is 0 Å². The number of likely N-dealkylation sites (N-methyl/N-ethyl adjacent to an activating group) is 1. The van der Waals surface area contributed by atoms with Gasteiger partial charge in [0.15, 0.2) is 0 Å². The van der Waals surface area contributed by atoms with Gasteiger partial charge < -0.3 is 9.64 Å². The molecular formula is C17H25ClN2O3. The standard InChI is InChI=1S/C17H25ClN2O3/c1-6-7-8-19(4)17(22)11-20(13(3)21)15-9-12(2)14(18)10-16(15)23-5/h9-10H,6-8,11H2,1-5H3. The summed E-state index contributed by atoms with van der Waals surface area (Å²) in [5.41, 5.74) is 1.37. The zero-order valence-electron chi connectivity index (χ0n) is 14.5. The lowest BCUT2D eigenvalue weighted by Crippen LogP contribution is -2.41. The molecule has 0 aliphatic rings. The molecule has 1 rings (SSSR count). The fraction of sp³-hybridized carbons (Fsp3) is 0.529. The van der Waals surface area contributed by atoms with Gasteiger partial charge in [0.2, 0.25) is 11.8 Å². The maximum Gasteiger partial charge on any atom is 0.242 e. The van der Waals surface area contributed by atoms with Crippen molar-refractivity contribution in [1.29, 1.82) is 0 Å². The van der Waals surface area contributed by atoms with Crippen LogP contribution in [0.4, 0.5) is 5.69 Å². The van der Waals surface area contributed by atoms with E-state index < -0.39 is 0 Å². The third-order valence-electron chi connectivity index (χ3n) is 3.70. The number of unbranched alkanes of at least 4 members (excludes halogenated alkanes) is 1. The zero-order valence-corrected chi connectivity index (χ0v) is 15.2. The number of carbonyl (C=O) groups excluding carboxylic acids is 2. The fourth-order valence-corrected chi connectivity index (χ4v) is 2.32. The number of benzene rings is 1. The Hall–Kier alpha value is -1.75. The second-order valence-electron chi connectivity index (χ2n) is 5.55. The van der Waals surface area contributed by atoms with Crippen molar-refractivity contribution in [2.75, 3.05) is 32.1 Å². The highest BCUT2D eigenvalue weighted by atomic mass is 35.5. The molecule has 0 N–H and O–H groups in total. The van der Waals surface area contributed by atoms with Crippen LogP contribution < -0.4 is 9.64 Å². The Labute approximate surface area is 143 Å². The van der Waals surface area contributed by atoms with Gasteiger partial charge in [0.1, 0.15) is 12.3 Å². The Balaban J connectivity index is 3.06. The summed E-state index contributed by atoms with van der Waals surface area (Å²) in [4.78, 5) is 27.5. The number of anilines is 1. The van der Waals surface area contributed by atoms with Crippen molar-refractivity contribution >= 4 is 29.1 Å². The van der Waals surface area contributed by atoms with Gasteiger partial charge in [-0.15, -0.1) is 0 Å². The van der Waals surface area contributed by atoms with Gasteiger partial charge >= 0.3 is 0 Å². The summed E-state index contributed by atoms with van der Waals surface area (Å²) >= 11 is 6.10. The van der Waals surface area contributed by atoms with Gasteiger partial charge in [-0.2, -0.15) is 0 Å². The van der Waals surface area contributed by atoms with Gasteiger partial charge in [-0.1, -0.05) is 24.9 Å². The summed E-state index contributed by atoms with van der Waals surface area (Å²) in [7, 11) is 3.26. The molecule has 0 fully saturated rings. The van der Waals surface area contributed by atoms with E-state index in [1.807, 2.05) is 6.92 Å². The van der Waals surface area contributed by atoms with E-state index in [1.54, 1.807) is 24.1 Å². The summed E-state index contributed by atoms with van der Waals surface area (Å²) in [6.07, 6.45) is 1.95. The molecule has 0 spiro atoms. The molecule has 23 heavy (non-hydrogen) atoms. The summed E-state index contributed by atoms with van der Waals surface area (Å²) in [6.45, 7) is 6.01. The average molecular weight is 341 g/mol. The molecule has 128 valence electrons. The number of rotatable bonds is 7. The lowest BCUT2D eigenvalue weighted by atomic mass is 10.1. The summed E-state index contributed by atoms with van der Waals surface area (Å²) in [5, 5.41) is 0.556. The van der Waals surface area contributed by atoms with Crippen molar-refractivity contribution in [2.24, 2.45) is 0 Å². The van der Waals surface area contributed by atoms with Crippen LogP contribution in [0.15, 0.2) is 12.1 Å². The molecule has 1 aromatic rings. The number of methoxy groups -OCH3 is 1. The first-order valence-corrected chi connectivity index (χ1v) is 8.05. The minimum Gasteiger partial charge on any atom is -0.495 e. The van der Waals surface area contributed by atoms with Gasteiger partial charge in [-0.05, 0) is 25.0 Å². The van der Waals surface area contributed by atoms with Gasteiger partial charge in [0, 0.05) is 31.6 Å². The second-order valence-corrected chi connectivity index (χ2v) is 5.95. The predicted molar refractivity (Wildman–Crippen MR) is 93.3 cm³/mol. The highest BCUT2D eigenvalue weighted by Crippen LogP contribution is 2.33. The van der Waals surface area contributed by atoms with E-state index in [1.165, 1.54) is 18.9 Å². The Morgan fingerprint density at radius 2 is 1.96 bits per heavy atom. The number of aryl methyl sites for hydroxylation is 1. The molecule has 0 saturated heterocycles. The molecule has 0 aliphatic carbocycles. The minimum absolute atomic E-state index is 0.0209. The van der Waals surface area contributed by atoms with E-state index in [4.69, 9.17) is 16.3 Å². The molecule has 0 radical (unpaired) electrons. The lowest BCUT2D eigenvalue weighted by molar-refractivity contribution is -0.130. The number of carbonyl (C=O) groups is 2. The number of hydrogen-bond acceptors (Lipinski definition) is 3. The van der Waals surface area contributed by atoms with Crippen molar-refractivity contribution in [3.8, 4) is 5.75 Å². The van der Waals surface area contributed by atoms with Crippen LogP contribution in [-0.4, -0.2) is 44.0 Å². The minimum atomic E-state index is -0.220. The van der Waals surface area contributed by atoms with Crippen molar-refractivity contribution in [3.05, 3.63) is 22.7 Å². The van der Waals surface area contributed by atoms with Crippen LogP contribution in [0.5, 0.6) is 5.75 Å². The molecule has 0 atom stereocenters. The number of amides is 2. The molecule has 6 heteroatoms. The predicted octanol–water partition coefficient (Wildman–Crippen LogP) is 3.27. The first-order valence-electron chi connectivity index (χ1n) is 7.68. The number of halogens is 1. The van der Waals surface area contributed by atoms with Crippen LogP contribution in [-0.2, 0) is 9.59 Å². The maximum atomic E-state index is 12.4. The molecule has 0 aliphatic heterocycles. The van der Waals surface area contributed by atoms with Gasteiger partial charge in [0.25, 0.3) is 0 Å². The van der Waals surface area contributed by atoms with Crippen molar-refractivity contribution in [1.82, 2.24) is 4.90 Å². The SMILES string of the molecule is CCCCN(C)C(=O)CN(C(C)=O)c1cc(C)c(Cl)cc1OC. The molecule has 0 unspecified atom stereocenters. The zero-order chi connectivity index (χ0) is 17.6. The van der Waals surface area contributed by atoms with Crippen LogP contribution >= 0.6 is 11.6 Å². The van der Waals surface area contributed by atoms with Crippen molar-refractivity contribution in [3.63, 3.8) is 0 Å².